The highest BCUT2D eigenvalue weighted by atomic mass is 35.5. The van der Waals surface area contributed by atoms with E-state index >= 15 is 0 Å². The largest absolute Gasteiger partial charge is 0.490 e. The topological polar surface area (TPSA) is 71.3 Å². The van der Waals surface area contributed by atoms with Gasteiger partial charge in [0.25, 0.3) is 5.91 Å². The number of ether oxygens (including phenoxy) is 2. The molecule has 2 rings (SSSR count). The van der Waals surface area contributed by atoms with E-state index in [1.54, 1.807) is 42.5 Å². The second kappa shape index (κ2) is 9.50. The Morgan fingerprint density at radius 1 is 1.15 bits per heavy atom. The third-order valence-corrected chi connectivity index (χ3v) is 3.70. The molecule has 6 heteroatoms. The van der Waals surface area contributed by atoms with Gasteiger partial charge in [-0.25, -0.2) is 0 Å². The maximum Gasteiger partial charge on any atom is 0.266 e. The number of benzene rings is 2. The molecule has 5 nitrogen and oxygen atoms in total. The van der Waals surface area contributed by atoms with E-state index in [4.69, 9.17) is 21.1 Å². The molecule has 0 spiro atoms. The molecule has 0 saturated heterocycles. The number of carbonyl (C=O) groups is 1. The van der Waals surface area contributed by atoms with E-state index < -0.39 is 5.91 Å². The second-order valence-corrected chi connectivity index (χ2v) is 5.58. The van der Waals surface area contributed by atoms with Gasteiger partial charge in [0.05, 0.1) is 23.9 Å². The fourth-order valence-corrected chi connectivity index (χ4v) is 2.41. The van der Waals surface area contributed by atoms with Crippen LogP contribution in [0.4, 0.5) is 5.69 Å². The number of amides is 1. The summed E-state index contributed by atoms with van der Waals surface area (Å²) < 4.78 is 11.1. The van der Waals surface area contributed by atoms with E-state index in [9.17, 15) is 10.1 Å². The van der Waals surface area contributed by atoms with Gasteiger partial charge in [0.1, 0.15) is 11.6 Å². The average Bonchev–Trinajstić information content (AvgIpc) is 2.64. The quantitative estimate of drug-likeness (QED) is 0.567. The molecule has 0 unspecified atom stereocenters. The molecule has 26 heavy (non-hydrogen) atoms. The third kappa shape index (κ3) is 5.01. The molecule has 0 aliphatic heterocycles. The SMILES string of the molecule is CCOc1ccc(/C=C(\C#N)C(=O)Nc2ccccc2Cl)cc1OCC. The van der Waals surface area contributed by atoms with Crippen LogP contribution >= 0.6 is 11.6 Å². The molecule has 0 fully saturated rings. The molecule has 0 bridgehead atoms. The van der Waals surface area contributed by atoms with Crippen LogP contribution in [0.15, 0.2) is 48.0 Å². The normalized spacial score (nSPS) is 10.8. The van der Waals surface area contributed by atoms with E-state index in [0.29, 0.717) is 41.0 Å². The van der Waals surface area contributed by atoms with Crippen molar-refractivity contribution in [3.63, 3.8) is 0 Å². The lowest BCUT2D eigenvalue weighted by atomic mass is 10.1. The standard InChI is InChI=1S/C20H19ClN2O3/c1-3-25-18-10-9-14(12-19(18)26-4-2)11-15(13-22)20(24)23-17-8-6-5-7-16(17)21/h5-12H,3-4H2,1-2H3,(H,23,24)/b15-11+. The van der Waals surface area contributed by atoms with Crippen molar-refractivity contribution < 1.29 is 14.3 Å². The average molecular weight is 371 g/mol. The Kier molecular flexibility index (Phi) is 7.07. The summed E-state index contributed by atoms with van der Waals surface area (Å²) in [5.41, 5.74) is 1.06. The number of nitriles is 1. The molecular formula is C20H19ClN2O3. The Bertz CT molecular complexity index is 856. The maximum absolute atomic E-state index is 12.4. The van der Waals surface area contributed by atoms with Crippen LogP contribution in [0.5, 0.6) is 11.5 Å². The van der Waals surface area contributed by atoms with Crippen LogP contribution in [0.1, 0.15) is 19.4 Å². The lowest BCUT2D eigenvalue weighted by Crippen LogP contribution is -2.13. The van der Waals surface area contributed by atoms with Crippen molar-refractivity contribution in [3.8, 4) is 17.6 Å². The number of rotatable bonds is 7. The van der Waals surface area contributed by atoms with Crippen LogP contribution < -0.4 is 14.8 Å². The summed E-state index contributed by atoms with van der Waals surface area (Å²) in [7, 11) is 0. The van der Waals surface area contributed by atoms with E-state index in [1.165, 1.54) is 6.08 Å². The molecular weight excluding hydrogens is 352 g/mol. The number of carbonyl (C=O) groups excluding carboxylic acids is 1. The van der Waals surface area contributed by atoms with Crippen LogP contribution in [-0.2, 0) is 4.79 Å². The zero-order chi connectivity index (χ0) is 18.9. The summed E-state index contributed by atoms with van der Waals surface area (Å²) >= 11 is 6.03. The van der Waals surface area contributed by atoms with Gasteiger partial charge in [0.2, 0.25) is 0 Å². The molecule has 0 radical (unpaired) electrons. The first-order valence-electron chi connectivity index (χ1n) is 8.16. The first-order valence-corrected chi connectivity index (χ1v) is 8.54. The van der Waals surface area contributed by atoms with Crippen LogP contribution in [0.2, 0.25) is 5.02 Å². The van der Waals surface area contributed by atoms with Crippen LogP contribution in [-0.4, -0.2) is 19.1 Å². The predicted octanol–water partition coefficient (Wildman–Crippen LogP) is 4.68. The van der Waals surface area contributed by atoms with Gasteiger partial charge in [0.15, 0.2) is 11.5 Å². The molecule has 1 amide bonds. The molecule has 0 heterocycles. The zero-order valence-corrected chi connectivity index (χ0v) is 15.3. The number of nitrogens with one attached hydrogen (secondary N) is 1. The fraction of sp³-hybridized carbons (Fsp3) is 0.200. The van der Waals surface area contributed by atoms with Crippen molar-refractivity contribution in [2.45, 2.75) is 13.8 Å². The highest BCUT2D eigenvalue weighted by Gasteiger charge is 2.12. The van der Waals surface area contributed by atoms with Crippen molar-refractivity contribution in [1.29, 1.82) is 5.26 Å². The smallest absolute Gasteiger partial charge is 0.266 e. The van der Waals surface area contributed by atoms with Gasteiger partial charge in [-0.05, 0) is 49.8 Å². The van der Waals surface area contributed by atoms with Gasteiger partial charge < -0.3 is 14.8 Å². The van der Waals surface area contributed by atoms with E-state index in [1.807, 2.05) is 19.9 Å². The number of para-hydroxylation sites is 1. The number of halogens is 1. The Labute approximate surface area is 157 Å². The number of hydrogen-bond acceptors (Lipinski definition) is 4. The van der Waals surface area contributed by atoms with Gasteiger partial charge >= 0.3 is 0 Å². The Hall–Kier alpha value is -2.97. The van der Waals surface area contributed by atoms with Gasteiger partial charge in [0, 0.05) is 0 Å². The summed E-state index contributed by atoms with van der Waals surface area (Å²) in [6.07, 6.45) is 1.49. The minimum absolute atomic E-state index is 0.0449. The highest BCUT2D eigenvalue weighted by molar-refractivity contribution is 6.34. The summed E-state index contributed by atoms with van der Waals surface area (Å²) in [5.74, 6) is 0.643. The van der Waals surface area contributed by atoms with Crippen LogP contribution in [0.25, 0.3) is 6.08 Å². The van der Waals surface area contributed by atoms with Gasteiger partial charge in [-0.3, -0.25) is 4.79 Å². The molecule has 0 atom stereocenters. The summed E-state index contributed by atoms with van der Waals surface area (Å²) in [6, 6.07) is 14.0. The van der Waals surface area contributed by atoms with Crippen molar-refractivity contribution in [2.75, 3.05) is 18.5 Å². The molecule has 0 aliphatic rings. The molecule has 0 saturated carbocycles. The zero-order valence-electron chi connectivity index (χ0n) is 14.6. The monoisotopic (exact) mass is 370 g/mol. The van der Waals surface area contributed by atoms with Crippen molar-refractivity contribution in [1.82, 2.24) is 0 Å². The Balaban J connectivity index is 2.27. The van der Waals surface area contributed by atoms with E-state index in [2.05, 4.69) is 5.32 Å². The molecule has 2 aromatic carbocycles. The molecule has 0 aromatic heterocycles. The molecule has 134 valence electrons. The first-order chi connectivity index (χ1) is 12.6. The fourth-order valence-electron chi connectivity index (χ4n) is 2.22. The molecule has 2 aromatic rings. The second-order valence-electron chi connectivity index (χ2n) is 5.18. The number of hydrogen-bond donors (Lipinski definition) is 1. The minimum atomic E-state index is -0.535. The molecule has 1 N–H and O–H groups in total. The lowest BCUT2D eigenvalue weighted by molar-refractivity contribution is -0.112. The summed E-state index contributed by atoms with van der Waals surface area (Å²) in [5, 5.41) is 12.4. The van der Waals surface area contributed by atoms with Crippen molar-refractivity contribution in [3.05, 3.63) is 58.6 Å². The van der Waals surface area contributed by atoms with Crippen molar-refractivity contribution >= 4 is 29.3 Å². The molecule has 0 aliphatic carbocycles. The number of nitrogens with zero attached hydrogens (tertiary/aromatic N) is 1. The van der Waals surface area contributed by atoms with Gasteiger partial charge in [-0.2, -0.15) is 5.26 Å². The van der Waals surface area contributed by atoms with Crippen LogP contribution in [0, 0.1) is 11.3 Å². The first kappa shape index (κ1) is 19.4. The summed E-state index contributed by atoms with van der Waals surface area (Å²) in [4.78, 5) is 12.4. The van der Waals surface area contributed by atoms with E-state index in [0.717, 1.165) is 0 Å². The van der Waals surface area contributed by atoms with Gasteiger partial charge in [-0.1, -0.05) is 29.8 Å². The summed E-state index contributed by atoms with van der Waals surface area (Å²) in [6.45, 7) is 4.75. The minimum Gasteiger partial charge on any atom is -0.490 e. The number of anilines is 1. The Morgan fingerprint density at radius 3 is 2.50 bits per heavy atom. The Morgan fingerprint density at radius 2 is 1.85 bits per heavy atom. The van der Waals surface area contributed by atoms with E-state index in [-0.39, 0.29) is 5.57 Å². The maximum atomic E-state index is 12.4. The lowest BCUT2D eigenvalue weighted by Gasteiger charge is -2.11. The van der Waals surface area contributed by atoms with Crippen LogP contribution in [0.3, 0.4) is 0 Å². The van der Waals surface area contributed by atoms with Crippen molar-refractivity contribution in [2.24, 2.45) is 0 Å². The highest BCUT2D eigenvalue weighted by Crippen LogP contribution is 2.29. The predicted molar refractivity (Wildman–Crippen MR) is 102 cm³/mol. The third-order valence-electron chi connectivity index (χ3n) is 3.37. The van der Waals surface area contributed by atoms with Gasteiger partial charge in [-0.15, -0.1) is 0 Å².